The second kappa shape index (κ2) is 6.54. The van der Waals surface area contributed by atoms with Gasteiger partial charge in [-0.2, -0.15) is 0 Å². The number of benzene rings is 2. The highest BCUT2D eigenvalue weighted by Crippen LogP contribution is 2.14. The van der Waals surface area contributed by atoms with Crippen LogP contribution in [0.3, 0.4) is 0 Å². The first-order valence-corrected chi connectivity index (χ1v) is 7.97. The van der Waals surface area contributed by atoms with Gasteiger partial charge in [0.15, 0.2) is 9.84 Å². The SMILES string of the molecule is NCc1cccc(S(=O)(=O)CCOc2ccccc2)c1. The number of para-hydroxylation sites is 1. The minimum absolute atomic E-state index is 0.0596. The minimum atomic E-state index is -3.34. The van der Waals surface area contributed by atoms with Crippen molar-refractivity contribution in [1.29, 1.82) is 0 Å². The predicted octanol–water partition coefficient (Wildman–Crippen LogP) is 2.00. The van der Waals surface area contributed by atoms with Gasteiger partial charge in [0.05, 0.1) is 10.6 Å². The molecule has 5 heteroatoms. The summed E-state index contributed by atoms with van der Waals surface area (Å²) in [6.07, 6.45) is 0. The van der Waals surface area contributed by atoms with Crippen LogP contribution in [0.4, 0.5) is 0 Å². The highest BCUT2D eigenvalue weighted by molar-refractivity contribution is 7.91. The van der Waals surface area contributed by atoms with Crippen LogP contribution in [0.15, 0.2) is 59.5 Å². The van der Waals surface area contributed by atoms with Crippen LogP contribution in [0.2, 0.25) is 0 Å². The second-order valence-electron chi connectivity index (χ2n) is 4.33. The van der Waals surface area contributed by atoms with Gasteiger partial charge in [0.2, 0.25) is 0 Å². The lowest BCUT2D eigenvalue weighted by Crippen LogP contribution is -2.14. The van der Waals surface area contributed by atoms with Crippen molar-refractivity contribution in [3.8, 4) is 5.75 Å². The van der Waals surface area contributed by atoms with E-state index in [0.29, 0.717) is 12.3 Å². The Hall–Kier alpha value is -1.85. The molecule has 20 heavy (non-hydrogen) atoms. The normalized spacial score (nSPS) is 11.2. The molecule has 2 N–H and O–H groups in total. The molecule has 0 aliphatic rings. The minimum Gasteiger partial charge on any atom is -0.493 e. The Bertz CT molecular complexity index is 654. The number of nitrogens with two attached hydrogens (primary N) is 1. The summed E-state index contributed by atoms with van der Waals surface area (Å²) in [5.74, 6) is 0.606. The van der Waals surface area contributed by atoms with Crippen LogP contribution < -0.4 is 10.5 Å². The third-order valence-corrected chi connectivity index (χ3v) is 4.53. The van der Waals surface area contributed by atoms with Crippen LogP contribution in [-0.4, -0.2) is 20.8 Å². The van der Waals surface area contributed by atoms with Crippen LogP contribution in [0.5, 0.6) is 5.75 Å². The molecule has 0 amide bonds. The van der Waals surface area contributed by atoms with E-state index in [4.69, 9.17) is 10.5 Å². The lowest BCUT2D eigenvalue weighted by molar-refractivity contribution is 0.341. The molecule has 0 atom stereocenters. The van der Waals surface area contributed by atoms with E-state index < -0.39 is 9.84 Å². The third-order valence-electron chi connectivity index (χ3n) is 2.86. The summed E-state index contributed by atoms with van der Waals surface area (Å²) in [4.78, 5) is 0.289. The van der Waals surface area contributed by atoms with E-state index in [0.717, 1.165) is 5.56 Å². The molecule has 4 nitrogen and oxygen atoms in total. The zero-order valence-corrected chi connectivity index (χ0v) is 11.8. The summed E-state index contributed by atoms with van der Waals surface area (Å²) in [6.45, 7) is 0.447. The average molecular weight is 291 g/mol. The maximum Gasteiger partial charge on any atom is 0.181 e. The molecule has 0 spiro atoms. The standard InChI is InChI=1S/C15H17NO3S/c16-12-13-5-4-8-15(11-13)20(17,18)10-9-19-14-6-2-1-3-7-14/h1-8,11H,9-10,12,16H2. The smallest absolute Gasteiger partial charge is 0.181 e. The predicted molar refractivity (Wildman–Crippen MR) is 78.3 cm³/mol. The Morgan fingerprint density at radius 1 is 1.00 bits per heavy atom. The number of rotatable bonds is 6. The summed E-state index contributed by atoms with van der Waals surface area (Å²) in [6, 6.07) is 15.8. The molecule has 0 fully saturated rings. The van der Waals surface area contributed by atoms with Crippen LogP contribution in [0.1, 0.15) is 5.56 Å². The summed E-state index contributed by atoms with van der Waals surface area (Å²) >= 11 is 0. The fourth-order valence-corrected chi connectivity index (χ4v) is 2.92. The number of hydrogen-bond acceptors (Lipinski definition) is 4. The van der Waals surface area contributed by atoms with E-state index in [-0.39, 0.29) is 17.3 Å². The Labute approximate surface area is 119 Å². The topological polar surface area (TPSA) is 69.4 Å². The number of sulfone groups is 1. The van der Waals surface area contributed by atoms with Crippen LogP contribution in [0, 0.1) is 0 Å². The highest BCUT2D eigenvalue weighted by atomic mass is 32.2. The van der Waals surface area contributed by atoms with Gasteiger partial charge in [-0.3, -0.25) is 0 Å². The van der Waals surface area contributed by atoms with Gasteiger partial charge >= 0.3 is 0 Å². The molecule has 0 radical (unpaired) electrons. The molecule has 0 aliphatic carbocycles. The molecule has 2 aromatic rings. The van der Waals surface area contributed by atoms with Crippen LogP contribution in [0.25, 0.3) is 0 Å². The Morgan fingerprint density at radius 2 is 1.75 bits per heavy atom. The van der Waals surface area contributed by atoms with E-state index in [1.807, 2.05) is 18.2 Å². The molecule has 2 aromatic carbocycles. The molecule has 0 unspecified atom stereocenters. The van der Waals surface area contributed by atoms with Crippen LogP contribution in [-0.2, 0) is 16.4 Å². The van der Waals surface area contributed by atoms with Crippen molar-refractivity contribution in [2.75, 3.05) is 12.4 Å². The van der Waals surface area contributed by atoms with Gasteiger partial charge in [-0.1, -0.05) is 30.3 Å². The lowest BCUT2D eigenvalue weighted by Gasteiger charge is -2.08. The molecule has 2 rings (SSSR count). The van der Waals surface area contributed by atoms with E-state index in [1.165, 1.54) is 0 Å². The number of ether oxygens (including phenoxy) is 1. The summed E-state index contributed by atoms with van der Waals surface area (Å²) < 4.78 is 29.8. The lowest BCUT2D eigenvalue weighted by atomic mass is 10.2. The van der Waals surface area contributed by atoms with Crippen molar-refractivity contribution in [2.24, 2.45) is 5.73 Å². The summed E-state index contributed by atoms with van der Waals surface area (Å²) in [5.41, 5.74) is 6.32. The molecule has 0 saturated heterocycles. The Morgan fingerprint density at radius 3 is 2.45 bits per heavy atom. The van der Waals surface area contributed by atoms with Crippen molar-refractivity contribution in [3.05, 3.63) is 60.2 Å². The highest BCUT2D eigenvalue weighted by Gasteiger charge is 2.14. The Kier molecular flexibility index (Phi) is 4.76. The summed E-state index contributed by atoms with van der Waals surface area (Å²) in [7, 11) is -3.34. The van der Waals surface area contributed by atoms with Crippen LogP contribution >= 0.6 is 0 Å². The quantitative estimate of drug-likeness (QED) is 0.883. The maximum absolute atomic E-state index is 12.2. The third kappa shape index (κ3) is 3.82. The number of hydrogen-bond donors (Lipinski definition) is 1. The van der Waals surface area contributed by atoms with Gasteiger partial charge in [-0.25, -0.2) is 8.42 Å². The van der Waals surface area contributed by atoms with E-state index in [9.17, 15) is 8.42 Å². The van der Waals surface area contributed by atoms with Crippen molar-refractivity contribution >= 4 is 9.84 Å². The first kappa shape index (κ1) is 14.6. The van der Waals surface area contributed by atoms with E-state index >= 15 is 0 Å². The van der Waals surface area contributed by atoms with Crippen molar-refractivity contribution in [3.63, 3.8) is 0 Å². The van der Waals surface area contributed by atoms with E-state index in [1.54, 1.807) is 36.4 Å². The summed E-state index contributed by atoms with van der Waals surface area (Å²) in [5, 5.41) is 0. The van der Waals surface area contributed by atoms with Gasteiger partial charge in [-0.05, 0) is 29.8 Å². The zero-order valence-electron chi connectivity index (χ0n) is 11.0. The van der Waals surface area contributed by atoms with Crippen molar-refractivity contribution < 1.29 is 13.2 Å². The average Bonchev–Trinajstić information content (AvgIpc) is 2.48. The molecule has 0 bridgehead atoms. The van der Waals surface area contributed by atoms with Crippen molar-refractivity contribution in [2.45, 2.75) is 11.4 Å². The monoisotopic (exact) mass is 291 g/mol. The van der Waals surface area contributed by atoms with E-state index in [2.05, 4.69) is 0 Å². The maximum atomic E-state index is 12.2. The van der Waals surface area contributed by atoms with Gasteiger partial charge < -0.3 is 10.5 Å². The largest absolute Gasteiger partial charge is 0.493 e. The first-order chi connectivity index (χ1) is 9.62. The van der Waals surface area contributed by atoms with Gasteiger partial charge in [0.1, 0.15) is 12.4 Å². The fraction of sp³-hybridized carbons (Fsp3) is 0.200. The molecular weight excluding hydrogens is 274 g/mol. The molecule has 0 aliphatic heterocycles. The van der Waals surface area contributed by atoms with Gasteiger partial charge in [-0.15, -0.1) is 0 Å². The Balaban J connectivity index is 2.00. The first-order valence-electron chi connectivity index (χ1n) is 6.31. The zero-order chi connectivity index (χ0) is 14.4. The molecule has 106 valence electrons. The molecule has 0 aromatic heterocycles. The second-order valence-corrected chi connectivity index (χ2v) is 6.44. The van der Waals surface area contributed by atoms with Crippen molar-refractivity contribution in [1.82, 2.24) is 0 Å². The molecule has 0 saturated carbocycles. The van der Waals surface area contributed by atoms with Gasteiger partial charge in [0.25, 0.3) is 0 Å². The van der Waals surface area contributed by atoms with Gasteiger partial charge in [0, 0.05) is 6.54 Å². The molecular formula is C15H17NO3S. The fourth-order valence-electron chi connectivity index (χ4n) is 1.77. The molecule has 0 heterocycles.